The number of hydrogen-bond donors (Lipinski definition) is 1. The van der Waals surface area contributed by atoms with Gasteiger partial charge in [0.25, 0.3) is 0 Å². The Bertz CT molecular complexity index is 1070. The van der Waals surface area contributed by atoms with E-state index in [0.29, 0.717) is 11.7 Å². The quantitative estimate of drug-likeness (QED) is 0.710. The summed E-state index contributed by atoms with van der Waals surface area (Å²) in [5, 5.41) is 11.5. The van der Waals surface area contributed by atoms with Crippen LogP contribution in [0.25, 0.3) is 10.9 Å². The molecule has 0 bridgehead atoms. The zero-order valence-electron chi connectivity index (χ0n) is 16.8. The van der Waals surface area contributed by atoms with Gasteiger partial charge in [0.05, 0.1) is 5.52 Å². The van der Waals surface area contributed by atoms with Crippen molar-refractivity contribution in [2.75, 3.05) is 19.6 Å². The number of aromatic nitrogens is 1. The van der Waals surface area contributed by atoms with E-state index in [2.05, 4.69) is 41.3 Å². The first-order valence-corrected chi connectivity index (χ1v) is 11.1. The highest BCUT2D eigenvalue weighted by atomic mass is 16.3. The van der Waals surface area contributed by atoms with Crippen LogP contribution in [0.4, 0.5) is 0 Å². The van der Waals surface area contributed by atoms with Crippen LogP contribution in [0.5, 0.6) is 5.75 Å². The molecule has 2 atom stereocenters. The van der Waals surface area contributed by atoms with E-state index < -0.39 is 0 Å². The number of para-hydroxylation sites is 1. The van der Waals surface area contributed by atoms with Gasteiger partial charge in [0, 0.05) is 36.0 Å². The fourth-order valence-electron chi connectivity index (χ4n) is 5.85. The summed E-state index contributed by atoms with van der Waals surface area (Å²) in [4.78, 5) is 7.81. The van der Waals surface area contributed by atoms with Gasteiger partial charge in [-0.15, -0.1) is 0 Å². The molecule has 2 aliphatic carbocycles. The highest BCUT2D eigenvalue weighted by Crippen LogP contribution is 2.48. The van der Waals surface area contributed by atoms with Gasteiger partial charge in [0.15, 0.2) is 0 Å². The highest BCUT2D eigenvalue weighted by molar-refractivity contribution is 5.79. The molecule has 2 heterocycles. The van der Waals surface area contributed by atoms with Crippen LogP contribution in [-0.4, -0.2) is 34.6 Å². The summed E-state index contributed by atoms with van der Waals surface area (Å²) in [5.74, 6) is 1.89. The molecule has 1 saturated carbocycles. The van der Waals surface area contributed by atoms with Crippen molar-refractivity contribution in [3.8, 4) is 5.75 Å². The molecule has 29 heavy (non-hydrogen) atoms. The van der Waals surface area contributed by atoms with Gasteiger partial charge in [-0.25, -0.2) is 0 Å². The maximum atomic E-state index is 10.2. The predicted molar refractivity (Wildman–Crippen MR) is 116 cm³/mol. The summed E-state index contributed by atoms with van der Waals surface area (Å²) in [6.07, 6.45) is 6.06. The van der Waals surface area contributed by atoms with Gasteiger partial charge in [-0.3, -0.25) is 4.98 Å². The molecule has 0 spiro atoms. The first kappa shape index (κ1) is 17.5. The van der Waals surface area contributed by atoms with Crippen molar-refractivity contribution in [1.82, 2.24) is 9.88 Å². The van der Waals surface area contributed by atoms with Crippen molar-refractivity contribution in [3.05, 3.63) is 71.4 Å². The average Bonchev–Trinajstić information content (AvgIpc) is 3.55. The molecule has 6 rings (SSSR count). The second kappa shape index (κ2) is 6.56. The van der Waals surface area contributed by atoms with Crippen LogP contribution in [0.2, 0.25) is 0 Å². The predicted octanol–water partition coefficient (Wildman–Crippen LogP) is 4.71. The maximum absolute atomic E-state index is 10.2. The van der Waals surface area contributed by atoms with Crippen molar-refractivity contribution in [1.29, 1.82) is 0 Å². The van der Waals surface area contributed by atoms with Gasteiger partial charge in [-0.2, -0.15) is 0 Å². The number of phenols is 1. The number of pyridine rings is 1. The van der Waals surface area contributed by atoms with Crippen LogP contribution in [-0.2, 0) is 18.3 Å². The average molecular weight is 385 g/mol. The Morgan fingerprint density at radius 3 is 2.83 bits per heavy atom. The number of likely N-dealkylation sites (tertiary alicyclic amines) is 1. The Kier molecular flexibility index (Phi) is 3.95. The van der Waals surface area contributed by atoms with Gasteiger partial charge >= 0.3 is 0 Å². The second-order valence-corrected chi connectivity index (χ2v) is 9.52. The Hall–Kier alpha value is -2.39. The van der Waals surface area contributed by atoms with Crippen LogP contribution < -0.4 is 0 Å². The molecule has 3 aromatic rings. The van der Waals surface area contributed by atoms with Gasteiger partial charge in [0.2, 0.25) is 0 Å². The van der Waals surface area contributed by atoms with Gasteiger partial charge in [-0.05, 0) is 79.5 Å². The third kappa shape index (κ3) is 3.03. The normalized spacial score (nSPS) is 26.8. The van der Waals surface area contributed by atoms with Crippen molar-refractivity contribution >= 4 is 10.9 Å². The molecule has 148 valence electrons. The van der Waals surface area contributed by atoms with E-state index in [1.54, 1.807) is 6.07 Å². The van der Waals surface area contributed by atoms with Crippen molar-refractivity contribution < 1.29 is 5.11 Å². The smallest absolute Gasteiger partial charge is 0.115 e. The maximum Gasteiger partial charge on any atom is 0.115 e. The van der Waals surface area contributed by atoms with Crippen LogP contribution in [0, 0.1) is 11.8 Å². The highest BCUT2D eigenvalue weighted by Gasteiger charge is 2.48. The van der Waals surface area contributed by atoms with E-state index in [4.69, 9.17) is 4.98 Å². The molecule has 2 fully saturated rings. The van der Waals surface area contributed by atoms with Crippen molar-refractivity contribution in [3.63, 3.8) is 0 Å². The Morgan fingerprint density at radius 2 is 1.97 bits per heavy atom. The van der Waals surface area contributed by atoms with Crippen molar-refractivity contribution in [2.24, 2.45) is 11.8 Å². The largest absolute Gasteiger partial charge is 0.508 e. The number of nitrogens with zero attached hydrogens (tertiary/aromatic N) is 2. The molecule has 3 aliphatic rings. The fraction of sp³-hybridized carbons (Fsp3) is 0.423. The zero-order valence-corrected chi connectivity index (χ0v) is 16.8. The zero-order chi connectivity index (χ0) is 19.4. The SMILES string of the molecule is Oc1cccc([C@@]23CCN(CC4CC4)C[C@@H]2Cc2cc4ccccc4nc2C3)c1. The van der Waals surface area contributed by atoms with E-state index in [9.17, 15) is 5.11 Å². The van der Waals surface area contributed by atoms with E-state index in [1.165, 1.54) is 48.1 Å². The minimum atomic E-state index is 0.0846. The lowest BCUT2D eigenvalue weighted by molar-refractivity contribution is 0.0777. The number of piperidine rings is 1. The topological polar surface area (TPSA) is 36.4 Å². The molecule has 0 radical (unpaired) electrons. The molecule has 1 aromatic heterocycles. The van der Waals surface area contributed by atoms with Crippen molar-refractivity contribution in [2.45, 2.75) is 37.5 Å². The van der Waals surface area contributed by atoms with Gasteiger partial charge in [0.1, 0.15) is 5.75 Å². The lowest BCUT2D eigenvalue weighted by atomic mass is 9.58. The minimum absolute atomic E-state index is 0.0846. The van der Waals surface area contributed by atoms with Crippen LogP contribution in [0.1, 0.15) is 36.1 Å². The number of benzene rings is 2. The molecular formula is C26H28N2O. The molecule has 2 aromatic carbocycles. The standard InChI is InChI=1S/C26H28N2O/c29-23-6-3-5-21(14-23)26-10-11-28(16-18-8-9-18)17-22(26)13-20-12-19-4-1-2-7-24(19)27-25(20)15-26/h1-7,12,14,18,22,29H,8-11,13,15-17H2/t22-,26-/m0/s1. The summed E-state index contributed by atoms with van der Waals surface area (Å²) < 4.78 is 0. The molecular weight excluding hydrogens is 356 g/mol. The van der Waals surface area contributed by atoms with Crippen LogP contribution in [0.15, 0.2) is 54.6 Å². The van der Waals surface area contributed by atoms with E-state index in [-0.39, 0.29) is 5.41 Å². The molecule has 3 heteroatoms. The number of phenolic OH excluding ortho intramolecular Hbond substituents is 1. The molecule has 0 unspecified atom stereocenters. The lowest BCUT2D eigenvalue weighted by Crippen LogP contribution is -2.54. The first-order valence-electron chi connectivity index (χ1n) is 11.1. The van der Waals surface area contributed by atoms with E-state index in [0.717, 1.165) is 37.2 Å². The summed E-state index contributed by atoms with van der Waals surface area (Å²) >= 11 is 0. The van der Waals surface area contributed by atoms with Gasteiger partial charge in [-0.1, -0.05) is 30.3 Å². The molecule has 1 aliphatic heterocycles. The molecule has 1 N–H and O–H groups in total. The van der Waals surface area contributed by atoms with Crippen LogP contribution >= 0.6 is 0 Å². The number of rotatable bonds is 3. The number of aromatic hydroxyl groups is 1. The summed E-state index contributed by atoms with van der Waals surface area (Å²) in [5.41, 5.74) is 5.18. The third-order valence-corrected chi connectivity index (χ3v) is 7.61. The lowest BCUT2D eigenvalue weighted by Gasteiger charge is -2.51. The third-order valence-electron chi connectivity index (χ3n) is 7.61. The molecule has 3 nitrogen and oxygen atoms in total. The number of hydrogen-bond acceptors (Lipinski definition) is 3. The second-order valence-electron chi connectivity index (χ2n) is 9.52. The summed E-state index contributed by atoms with van der Waals surface area (Å²) in [6.45, 7) is 3.60. The first-order chi connectivity index (χ1) is 14.2. The molecule has 0 amide bonds. The fourth-order valence-corrected chi connectivity index (χ4v) is 5.85. The summed E-state index contributed by atoms with van der Waals surface area (Å²) in [6, 6.07) is 18.9. The van der Waals surface area contributed by atoms with E-state index in [1.807, 2.05) is 12.1 Å². The Labute approximate surface area is 172 Å². The minimum Gasteiger partial charge on any atom is -0.508 e. The van der Waals surface area contributed by atoms with E-state index >= 15 is 0 Å². The Morgan fingerprint density at radius 1 is 1.07 bits per heavy atom. The number of fused-ring (bicyclic) bond motifs is 3. The monoisotopic (exact) mass is 384 g/mol. The summed E-state index contributed by atoms with van der Waals surface area (Å²) in [7, 11) is 0. The molecule has 1 saturated heterocycles. The Balaban J connectivity index is 1.44. The van der Waals surface area contributed by atoms with Gasteiger partial charge < -0.3 is 10.0 Å². The van der Waals surface area contributed by atoms with Crippen LogP contribution in [0.3, 0.4) is 0 Å².